The van der Waals surface area contributed by atoms with Crippen LogP contribution in [-0.4, -0.2) is 13.7 Å². The van der Waals surface area contributed by atoms with Crippen molar-refractivity contribution in [1.29, 1.82) is 5.26 Å². The summed E-state index contributed by atoms with van der Waals surface area (Å²) in [5.41, 5.74) is 0. The summed E-state index contributed by atoms with van der Waals surface area (Å²) in [5.74, 6) is -2.36. The molecule has 6 heteroatoms. The number of halogens is 2. The quantitative estimate of drug-likeness (QED) is 0.766. The fourth-order valence-corrected chi connectivity index (χ4v) is 2.63. The van der Waals surface area contributed by atoms with Crippen molar-refractivity contribution in [2.24, 2.45) is 0 Å². The van der Waals surface area contributed by atoms with E-state index >= 15 is 0 Å². The second kappa shape index (κ2) is 4.58. The molecule has 0 heterocycles. The Morgan fingerprint density at radius 2 is 2.00 bits per heavy atom. The van der Waals surface area contributed by atoms with Gasteiger partial charge in [0, 0.05) is 0 Å². The molecular formula is C10H9F2NO2S. The molecule has 0 saturated heterocycles. The normalized spacial score (nSPS) is 13.1. The largest absolute Gasteiger partial charge is 0.222 e. The highest BCUT2D eigenvalue weighted by molar-refractivity contribution is 7.92. The monoisotopic (exact) mass is 245 g/mol. The number of hydrogen-bond acceptors (Lipinski definition) is 3. The van der Waals surface area contributed by atoms with Crippen molar-refractivity contribution < 1.29 is 17.2 Å². The van der Waals surface area contributed by atoms with E-state index in [1.807, 2.05) is 0 Å². The summed E-state index contributed by atoms with van der Waals surface area (Å²) >= 11 is 0. The number of nitriles is 1. The Bertz CT molecular complexity index is 534. The molecule has 3 nitrogen and oxygen atoms in total. The van der Waals surface area contributed by atoms with Gasteiger partial charge >= 0.3 is 0 Å². The van der Waals surface area contributed by atoms with Gasteiger partial charge in [0.15, 0.2) is 26.7 Å². The van der Waals surface area contributed by atoms with E-state index in [0.29, 0.717) is 6.07 Å². The van der Waals surface area contributed by atoms with Crippen LogP contribution in [0, 0.1) is 23.0 Å². The Labute approximate surface area is 92.2 Å². The first kappa shape index (κ1) is 12.6. The highest BCUT2D eigenvalue weighted by Gasteiger charge is 2.26. The van der Waals surface area contributed by atoms with Gasteiger partial charge in [-0.25, -0.2) is 17.2 Å². The smallest absolute Gasteiger partial charge is 0.194 e. The minimum absolute atomic E-state index is 0.0951. The molecule has 86 valence electrons. The van der Waals surface area contributed by atoms with Crippen LogP contribution in [-0.2, 0) is 9.84 Å². The van der Waals surface area contributed by atoms with Crippen molar-refractivity contribution >= 4 is 9.84 Å². The molecule has 0 N–H and O–H groups in total. The number of rotatable bonds is 3. The van der Waals surface area contributed by atoms with Gasteiger partial charge in [0.2, 0.25) is 0 Å². The predicted molar refractivity (Wildman–Crippen MR) is 53.2 cm³/mol. The maximum Gasteiger partial charge on any atom is 0.194 e. The molecule has 0 aliphatic carbocycles. The van der Waals surface area contributed by atoms with Gasteiger partial charge in [0.25, 0.3) is 0 Å². The van der Waals surface area contributed by atoms with Gasteiger partial charge in [-0.15, -0.1) is 0 Å². The van der Waals surface area contributed by atoms with Gasteiger partial charge in [0.1, 0.15) is 0 Å². The molecule has 0 bridgehead atoms. The topological polar surface area (TPSA) is 57.9 Å². The van der Waals surface area contributed by atoms with Crippen molar-refractivity contribution in [3.63, 3.8) is 0 Å². The molecular weight excluding hydrogens is 236 g/mol. The number of sulfone groups is 1. The van der Waals surface area contributed by atoms with Gasteiger partial charge in [0.05, 0.1) is 11.0 Å². The fraction of sp³-hybridized carbons (Fsp3) is 0.300. The second-order valence-corrected chi connectivity index (χ2v) is 5.28. The zero-order chi connectivity index (χ0) is 12.3. The summed E-state index contributed by atoms with van der Waals surface area (Å²) in [7, 11) is -3.91. The summed E-state index contributed by atoms with van der Waals surface area (Å²) in [6.07, 6.45) is 0.0951. The zero-order valence-electron chi connectivity index (χ0n) is 8.44. The minimum Gasteiger partial charge on any atom is -0.222 e. The molecule has 1 aromatic rings. The van der Waals surface area contributed by atoms with Crippen molar-refractivity contribution in [2.75, 3.05) is 0 Å². The Kier molecular flexibility index (Phi) is 3.60. The third-order valence-electron chi connectivity index (χ3n) is 2.11. The molecule has 0 fully saturated rings. The van der Waals surface area contributed by atoms with Gasteiger partial charge in [-0.2, -0.15) is 5.26 Å². The lowest BCUT2D eigenvalue weighted by molar-refractivity contribution is 0.504. The Hall–Kier alpha value is -1.48. The highest BCUT2D eigenvalue weighted by Crippen LogP contribution is 2.20. The van der Waals surface area contributed by atoms with Crippen LogP contribution in [0.3, 0.4) is 0 Å². The van der Waals surface area contributed by atoms with E-state index in [0.717, 1.165) is 12.1 Å². The van der Waals surface area contributed by atoms with E-state index in [1.165, 1.54) is 6.92 Å². The lowest BCUT2D eigenvalue weighted by Gasteiger charge is -2.08. The predicted octanol–water partition coefficient (Wildman–Crippen LogP) is 2.04. The average molecular weight is 245 g/mol. The van der Waals surface area contributed by atoms with E-state index in [2.05, 4.69) is 0 Å². The molecule has 0 spiro atoms. The van der Waals surface area contributed by atoms with Gasteiger partial charge < -0.3 is 0 Å². The van der Waals surface area contributed by atoms with Crippen molar-refractivity contribution in [3.05, 3.63) is 29.8 Å². The van der Waals surface area contributed by atoms with Gasteiger partial charge in [-0.05, 0) is 24.6 Å². The van der Waals surface area contributed by atoms with Crippen molar-refractivity contribution in [2.45, 2.75) is 23.5 Å². The lowest BCUT2D eigenvalue weighted by atomic mass is 10.3. The van der Waals surface area contributed by atoms with Gasteiger partial charge in [-0.3, -0.25) is 0 Å². The van der Waals surface area contributed by atoms with E-state index in [-0.39, 0.29) is 11.3 Å². The van der Waals surface area contributed by atoms with E-state index < -0.39 is 26.7 Å². The summed E-state index contributed by atoms with van der Waals surface area (Å²) in [5, 5.41) is 7.41. The maximum absolute atomic E-state index is 12.9. The zero-order valence-corrected chi connectivity index (χ0v) is 9.26. The highest BCUT2D eigenvalue weighted by atomic mass is 32.2. The van der Waals surface area contributed by atoms with Crippen LogP contribution in [0.15, 0.2) is 23.1 Å². The molecule has 0 saturated carbocycles. The molecule has 0 aliphatic rings. The summed E-state index contributed by atoms with van der Waals surface area (Å²) in [6, 6.07) is 3.89. The Morgan fingerprint density at radius 3 is 2.44 bits per heavy atom. The molecule has 1 unspecified atom stereocenters. The molecule has 1 aromatic carbocycles. The average Bonchev–Trinajstić information content (AvgIpc) is 2.23. The van der Waals surface area contributed by atoms with Crippen LogP contribution in [0.25, 0.3) is 0 Å². The van der Waals surface area contributed by atoms with Crippen molar-refractivity contribution in [3.8, 4) is 6.07 Å². The van der Waals surface area contributed by atoms with E-state index in [1.54, 1.807) is 6.07 Å². The van der Waals surface area contributed by atoms with E-state index in [9.17, 15) is 17.2 Å². The third-order valence-corrected chi connectivity index (χ3v) is 4.21. The van der Waals surface area contributed by atoms with Crippen LogP contribution < -0.4 is 0 Å². The Balaban J connectivity index is 3.29. The van der Waals surface area contributed by atoms with Crippen LogP contribution in [0.1, 0.15) is 13.3 Å². The number of nitrogens with zero attached hydrogens (tertiary/aromatic N) is 1. The van der Waals surface area contributed by atoms with Crippen LogP contribution >= 0.6 is 0 Å². The molecule has 0 aromatic heterocycles. The maximum atomic E-state index is 12.9. The molecule has 1 atom stereocenters. The molecule has 0 radical (unpaired) electrons. The van der Waals surface area contributed by atoms with Crippen LogP contribution in [0.4, 0.5) is 8.78 Å². The van der Waals surface area contributed by atoms with Crippen LogP contribution in [0.2, 0.25) is 0 Å². The molecule has 0 amide bonds. The van der Waals surface area contributed by atoms with Gasteiger partial charge in [-0.1, -0.05) is 6.92 Å². The fourth-order valence-electron chi connectivity index (χ4n) is 1.20. The lowest BCUT2D eigenvalue weighted by Crippen LogP contribution is -2.19. The third kappa shape index (κ3) is 2.19. The first-order valence-electron chi connectivity index (χ1n) is 4.52. The first-order chi connectivity index (χ1) is 7.43. The first-order valence-corrected chi connectivity index (χ1v) is 6.06. The van der Waals surface area contributed by atoms with Crippen LogP contribution in [0.5, 0.6) is 0 Å². The molecule has 0 aliphatic heterocycles. The minimum atomic E-state index is -3.91. The SMILES string of the molecule is CCC(C#N)S(=O)(=O)c1ccc(F)c(F)c1. The van der Waals surface area contributed by atoms with E-state index in [4.69, 9.17) is 5.26 Å². The second-order valence-electron chi connectivity index (χ2n) is 3.15. The number of hydrogen-bond donors (Lipinski definition) is 0. The number of benzene rings is 1. The summed E-state index contributed by atoms with van der Waals surface area (Å²) in [4.78, 5) is -0.375. The Morgan fingerprint density at radius 1 is 1.38 bits per heavy atom. The summed E-state index contributed by atoms with van der Waals surface area (Å²) < 4.78 is 49.0. The molecule has 16 heavy (non-hydrogen) atoms. The standard InChI is InChI=1S/C10H9F2NO2S/c1-2-7(6-13)16(14,15)8-3-4-9(11)10(12)5-8/h3-5,7H,2H2,1H3. The molecule has 1 rings (SSSR count). The van der Waals surface area contributed by atoms with Crippen molar-refractivity contribution in [1.82, 2.24) is 0 Å². The summed E-state index contributed by atoms with van der Waals surface area (Å²) in [6.45, 7) is 1.53.